The predicted octanol–water partition coefficient (Wildman–Crippen LogP) is 9.93. The number of para-hydroxylation sites is 2. The van der Waals surface area contributed by atoms with Crippen molar-refractivity contribution in [1.82, 2.24) is 9.13 Å². The molecule has 4 nitrogen and oxygen atoms in total. The van der Waals surface area contributed by atoms with E-state index in [1.807, 2.05) is 48.5 Å². The zero-order valence-corrected chi connectivity index (χ0v) is 23.5. The molecule has 0 radical (unpaired) electrons. The van der Waals surface area contributed by atoms with Crippen LogP contribution in [0.4, 0.5) is 0 Å². The molecule has 0 aliphatic heterocycles. The Labute approximate surface area is 252 Å². The molecule has 2 heterocycles. The zero-order valence-electron chi connectivity index (χ0n) is 23.5. The van der Waals surface area contributed by atoms with Crippen molar-refractivity contribution >= 4 is 65.2 Å². The maximum absolute atomic E-state index is 11.0. The molecule has 7 aromatic carbocycles. The lowest BCUT2D eigenvalue weighted by Crippen LogP contribution is -2.07. The number of benzene rings is 7. The van der Waals surface area contributed by atoms with Crippen molar-refractivity contribution < 1.29 is 0 Å². The molecule has 0 aliphatic carbocycles. The topological polar surface area (TPSA) is 57.4 Å². The van der Waals surface area contributed by atoms with Crippen molar-refractivity contribution in [3.8, 4) is 23.5 Å². The Bertz CT molecular complexity index is 2740. The molecule has 0 fully saturated rings. The van der Waals surface area contributed by atoms with Gasteiger partial charge in [0.2, 0.25) is 0 Å². The largest absolute Gasteiger partial charge is 0.307 e. The van der Waals surface area contributed by atoms with Crippen LogP contribution in [0.5, 0.6) is 0 Å². The van der Waals surface area contributed by atoms with E-state index in [0.717, 1.165) is 70.8 Å². The Morgan fingerprint density at radius 3 is 1.48 bits per heavy atom. The molecule has 44 heavy (non-hydrogen) atoms. The van der Waals surface area contributed by atoms with Gasteiger partial charge in [-0.25, -0.2) is 0 Å². The SMILES string of the molecule is N#Cc1ccc(-n2c3ccccc3c3ccc4ccccc4c32)c(C#N)c1-n1c2ccccc2c2ccc3ccccc3c21. The van der Waals surface area contributed by atoms with Crippen LogP contribution in [0.1, 0.15) is 11.1 Å². The van der Waals surface area contributed by atoms with Crippen molar-refractivity contribution in [3.05, 3.63) is 145 Å². The Kier molecular flexibility index (Phi) is 5.00. The summed E-state index contributed by atoms with van der Waals surface area (Å²) in [6.07, 6.45) is 0. The summed E-state index contributed by atoms with van der Waals surface area (Å²) in [4.78, 5) is 0. The van der Waals surface area contributed by atoms with Crippen LogP contribution < -0.4 is 0 Å². The number of fused-ring (bicyclic) bond motifs is 10. The summed E-state index contributed by atoms with van der Waals surface area (Å²) in [6.45, 7) is 0. The zero-order chi connectivity index (χ0) is 29.4. The normalized spacial score (nSPS) is 11.6. The van der Waals surface area contributed by atoms with Crippen LogP contribution in [0.3, 0.4) is 0 Å². The molecule has 0 bridgehead atoms. The van der Waals surface area contributed by atoms with Crippen molar-refractivity contribution in [2.24, 2.45) is 0 Å². The monoisotopic (exact) mass is 558 g/mol. The molecule has 2 aromatic heterocycles. The highest BCUT2D eigenvalue weighted by Crippen LogP contribution is 2.42. The minimum absolute atomic E-state index is 0.450. The smallest absolute Gasteiger partial charge is 0.104 e. The van der Waals surface area contributed by atoms with E-state index in [-0.39, 0.29) is 0 Å². The molecular weight excluding hydrogens is 536 g/mol. The predicted molar refractivity (Wildman–Crippen MR) is 180 cm³/mol. The fourth-order valence-corrected chi connectivity index (χ4v) is 7.14. The number of rotatable bonds is 2. The molecule has 0 spiro atoms. The van der Waals surface area contributed by atoms with Gasteiger partial charge in [0.05, 0.1) is 39.0 Å². The van der Waals surface area contributed by atoms with E-state index in [9.17, 15) is 10.5 Å². The second-order valence-electron chi connectivity index (χ2n) is 11.2. The van der Waals surface area contributed by atoms with E-state index in [2.05, 4.69) is 106 Å². The highest BCUT2D eigenvalue weighted by atomic mass is 15.0. The number of nitriles is 2. The van der Waals surface area contributed by atoms with Gasteiger partial charge in [-0.05, 0) is 35.0 Å². The summed E-state index contributed by atoms with van der Waals surface area (Å²) in [5.74, 6) is 0. The van der Waals surface area contributed by atoms with Crippen LogP contribution in [0.25, 0.3) is 76.5 Å². The first-order valence-electron chi connectivity index (χ1n) is 14.6. The van der Waals surface area contributed by atoms with Crippen molar-refractivity contribution in [3.63, 3.8) is 0 Å². The van der Waals surface area contributed by atoms with E-state index in [1.165, 1.54) is 0 Å². The van der Waals surface area contributed by atoms with Gasteiger partial charge in [-0.1, -0.05) is 109 Å². The highest BCUT2D eigenvalue weighted by molar-refractivity contribution is 6.20. The van der Waals surface area contributed by atoms with Gasteiger partial charge < -0.3 is 9.13 Å². The summed E-state index contributed by atoms with van der Waals surface area (Å²) in [6, 6.07) is 50.7. The van der Waals surface area contributed by atoms with Gasteiger partial charge in [0, 0.05) is 32.3 Å². The van der Waals surface area contributed by atoms with E-state index in [1.54, 1.807) is 0 Å². The van der Waals surface area contributed by atoms with E-state index >= 15 is 0 Å². The van der Waals surface area contributed by atoms with Gasteiger partial charge in [0.25, 0.3) is 0 Å². The third kappa shape index (κ3) is 3.14. The lowest BCUT2D eigenvalue weighted by molar-refractivity contribution is 1.11. The second kappa shape index (κ2) is 9.07. The van der Waals surface area contributed by atoms with E-state index in [0.29, 0.717) is 16.8 Å². The molecule has 9 rings (SSSR count). The van der Waals surface area contributed by atoms with Crippen molar-refractivity contribution in [2.45, 2.75) is 0 Å². The highest BCUT2D eigenvalue weighted by Gasteiger charge is 2.24. The van der Waals surface area contributed by atoms with Gasteiger partial charge in [-0.2, -0.15) is 10.5 Å². The second-order valence-corrected chi connectivity index (χ2v) is 11.2. The first kappa shape index (κ1) is 24.3. The molecule has 4 heteroatoms. The van der Waals surface area contributed by atoms with Crippen LogP contribution in [-0.4, -0.2) is 9.13 Å². The molecule has 0 saturated carbocycles. The summed E-state index contributed by atoms with van der Waals surface area (Å²) in [5, 5.41) is 30.4. The fourth-order valence-electron chi connectivity index (χ4n) is 7.14. The molecule has 0 unspecified atom stereocenters. The van der Waals surface area contributed by atoms with Gasteiger partial charge in [0.1, 0.15) is 17.7 Å². The Morgan fingerprint density at radius 1 is 0.409 bits per heavy atom. The quantitative estimate of drug-likeness (QED) is 0.212. The molecular formula is C40H22N4. The summed E-state index contributed by atoms with van der Waals surface area (Å²) in [7, 11) is 0. The Hall–Kier alpha value is -6.36. The molecule has 0 N–H and O–H groups in total. The van der Waals surface area contributed by atoms with Crippen LogP contribution in [0.15, 0.2) is 133 Å². The molecule has 0 saturated heterocycles. The van der Waals surface area contributed by atoms with Crippen LogP contribution in [0, 0.1) is 22.7 Å². The third-order valence-electron chi connectivity index (χ3n) is 8.97. The molecule has 0 amide bonds. The van der Waals surface area contributed by atoms with Crippen LogP contribution in [0.2, 0.25) is 0 Å². The average Bonchev–Trinajstić information content (AvgIpc) is 3.61. The minimum atomic E-state index is 0.450. The average molecular weight is 559 g/mol. The lowest BCUT2D eigenvalue weighted by Gasteiger charge is -2.18. The standard InChI is InChI=1S/C40H22N4/c41-23-27-19-22-37(43-35-15-7-5-13-30(35)32-20-17-25-9-1-3-11-28(25)39(32)43)34(24-42)38(27)44-36-16-8-6-14-31(36)33-21-18-26-10-2-4-12-29(26)40(33)44/h1-22H. The van der Waals surface area contributed by atoms with Crippen molar-refractivity contribution in [1.29, 1.82) is 10.5 Å². The fraction of sp³-hybridized carbons (Fsp3) is 0. The lowest BCUT2D eigenvalue weighted by atomic mass is 10.0. The third-order valence-corrected chi connectivity index (χ3v) is 8.97. The van der Waals surface area contributed by atoms with Gasteiger partial charge >= 0.3 is 0 Å². The Balaban J connectivity index is 1.51. The van der Waals surface area contributed by atoms with Crippen LogP contribution in [-0.2, 0) is 0 Å². The molecule has 202 valence electrons. The van der Waals surface area contributed by atoms with Gasteiger partial charge in [-0.3, -0.25) is 0 Å². The first-order valence-corrected chi connectivity index (χ1v) is 14.6. The number of hydrogen-bond acceptors (Lipinski definition) is 2. The Morgan fingerprint density at radius 2 is 0.909 bits per heavy atom. The van der Waals surface area contributed by atoms with E-state index in [4.69, 9.17) is 0 Å². The molecule has 0 atom stereocenters. The summed E-state index contributed by atoms with van der Waals surface area (Å²) in [5.41, 5.74) is 6.25. The maximum Gasteiger partial charge on any atom is 0.104 e. The molecule has 0 aliphatic rings. The number of aromatic nitrogens is 2. The minimum Gasteiger partial charge on any atom is -0.307 e. The van der Waals surface area contributed by atoms with Gasteiger partial charge in [-0.15, -0.1) is 0 Å². The number of hydrogen-bond donors (Lipinski definition) is 0. The summed E-state index contributed by atoms with van der Waals surface area (Å²) < 4.78 is 4.35. The summed E-state index contributed by atoms with van der Waals surface area (Å²) >= 11 is 0. The number of nitrogens with zero attached hydrogens (tertiary/aromatic N) is 4. The molecule has 9 aromatic rings. The van der Waals surface area contributed by atoms with E-state index < -0.39 is 0 Å². The maximum atomic E-state index is 11.0. The van der Waals surface area contributed by atoms with Crippen LogP contribution >= 0.6 is 0 Å². The van der Waals surface area contributed by atoms with Crippen molar-refractivity contribution in [2.75, 3.05) is 0 Å². The first-order chi connectivity index (χ1) is 21.8. The van der Waals surface area contributed by atoms with Gasteiger partial charge in [0.15, 0.2) is 0 Å².